The molecule has 0 unspecified atom stereocenters. The Bertz CT molecular complexity index is 444. The van der Waals surface area contributed by atoms with Crippen molar-refractivity contribution in [3.05, 3.63) is 23.7 Å². The average molecular weight is 234 g/mol. The minimum Gasteiger partial charge on any atom is -0.464 e. The van der Waals surface area contributed by atoms with Crippen LogP contribution in [0.15, 0.2) is 16.5 Å². The summed E-state index contributed by atoms with van der Waals surface area (Å²) in [7, 11) is 0. The van der Waals surface area contributed by atoms with Gasteiger partial charge in [-0.1, -0.05) is 0 Å². The number of hydrogen-bond donors (Lipinski definition) is 1. The molecule has 4 nitrogen and oxygen atoms in total. The van der Waals surface area contributed by atoms with Gasteiger partial charge in [0.2, 0.25) is 5.91 Å². The molecule has 2 fully saturated rings. The van der Waals surface area contributed by atoms with E-state index in [4.69, 9.17) is 10.2 Å². The first-order valence-electron chi connectivity index (χ1n) is 6.24. The van der Waals surface area contributed by atoms with Crippen LogP contribution in [0.5, 0.6) is 0 Å². The fourth-order valence-electron chi connectivity index (χ4n) is 2.13. The molecule has 2 aliphatic carbocycles. The summed E-state index contributed by atoms with van der Waals surface area (Å²) in [6, 6.07) is 4.25. The second-order valence-electron chi connectivity index (χ2n) is 5.33. The smallest absolute Gasteiger partial charge is 0.243 e. The molecule has 1 heterocycles. The van der Waals surface area contributed by atoms with E-state index in [0.29, 0.717) is 12.6 Å². The molecule has 4 heteroatoms. The van der Waals surface area contributed by atoms with Crippen LogP contribution in [0.4, 0.5) is 0 Å². The number of carbonyl (C=O) groups is 1. The van der Waals surface area contributed by atoms with Gasteiger partial charge in [0.05, 0.1) is 12.1 Å². The Labute approximate surface area is 101 Å². The summed E-state index contributed by atoms with van der Waals surface area (Å²) in [5, 5.41) is 0. The standard InChI is InChI=1S/C13H18N2O2/c1-9-2-5-11(17-9)8-15(10-3-4-10)12(16)13(14)6-7-13/h2,5,10H,3-4,6-8,14H2,1H3. The maximum absolute atomic E-state index is 12.3. The van der Waals surface area contributed by atoms with Crippen LogP contribution >= 0.6 is 0 Å². The van der Waals surface area contributed by atoms with Gasteiger partial charge in [-0.05, 0) is 44.7 Å². The Morgan fingerprint density at radius 2 is 2.24 bits per heavy atom. The van der Waals surface area contributed by atoms with Gasteiger partial charge in [0.25, 0.3) is 0 Å². The third-order valence-electron chi connectivity index (χ3n) is 3.59. The van der Waals surface area contributed by atoms with Crippen molar-refractivity contribution < 1.29 is 9.21 Å². The van der Waals surface area contributed by atoms with Crippen LogP contribution in [-0.4, -0.2) is 22.4 Å². The molecular formula is C13H18N2O2. The summed E-state index contributed by atoms with van der Waals surface area (Å²) in [4.78, 5) is 14.2. The second kappa shape index (κ2) is 3.60. The molecule has 0 bridgehead atoms. The van der Waals surface area contributed by atoms with E-state index in [1.54, 1.807) is 0 Å². The van der Waals surface area contributed by atoms with Gasteiger partial charge in [-0.2, -0.15) is 0 Å². The third-order valence-corrected chi connectivity index (χ3v) is 3.59. The number of nitrogens with zero attached hydrogens (tertiary/aromatic N) is 1. The van der Waals surface area contributed by atoms with Crippen molar-refractivity contribution in [2.75, 3.05) is 0 Å². The van der Waals surface area contributed by atoms with E-state index in [9.17, 15) is 4.79 Å². The molecule has 3 rings (SSSR count). The first-order chi connectivity index (χ1) is 8.08. The minimum atomic E-state index is -0.565. The highest BCUT2D eigenvalue weighted by Crippen LogP contribution is 2.38. The highest BCUT2D eigenvalue weighted by atomic mass is 16.3. The van der Waals surface area contributed by atoms with E-state index in [-0.39, 0.29) is 5.91 Å². The Morgan fingerprint density at radius 3 is 2.71 bits per heavy atom. The summed E-state index contributed by atoms with van der Waals surface area (Å²) in [5.41, 5.74) is 5.43. The van der Waals surface area contributed by atoms with Crippen LogP contribution in [0.3, 0.4) is 0 Å². The van der Waals surface area contributed by atoms with E-state index in [2.05, 4.69) is 0 Å². The van der Waals surface area contributed by atoms with Crippen molar-refractivity contribution in [3.8, 4) is 0 Å². The predicted molar refractivity (Wildman–Crippen MR) is 63.2 cm³/mol. The lowest BCUT2D eigenvalue weighted by atomic mass is 10.2. The zero-order valence-corrected chi connectivity index (χ0v) is 10.1. The van der Waals surface area contributed by atoms with Crippen molar-refractivity contribution in [2.45, 2.75) is 50.7 Å². The average Bonchev–Trinajstić information content (AvgIpc) is 3.19. The Hall–Kier alpha value is -1.29. The van der Waals surface area contributed by atoms with Crippen LogP contribution < -0.4 is 5.73 Å². The molecule has 2 N–H and O–H groups in total. The lowest BCUT2D eigenvalue weighted by Crippen LogP contribution is -2.46. The molecule has 0 radical (unpaired) electrons. The van der Waals surface area contributed by atoms with Gasteiger partial charge in [-0.3, -0.25) is 4.79 Å². The summed E-state index contributed by atoms with van der Waals surface area (Å²) in [6.07, 6.45) is 3.85. The van der Waals surface area contributed by atoms with Crippen LogP contribution in [-0.2, 0) is 11.3 Å². The van der Waals surface area contributed by atoms with Crippen LogP contribution in [0, 0.1) is 6.92 Å². The molecule has 0 spiro atoms. The SMILES string of the molecule is Cc1ccc(CN(C(=O)C2(N)CC2)C2CC2)o1. The van der Waals surface area contributed by atoms with Gasteiger partial charge < -0.3 is 15.1 Å². The van der Waals surface area contributed by atoms with Crippen molar-refractivity contribution in [3.63, 3.8) is 0 Å². The number of furan rings is 1. The van der Waals surface area contributed by atoms with Crippen molar-refractivity contribution in [1.82, 2.24) is 4.90 Å². The topological polar surface area (TPSA) is 59.5 Å². The second-order valence-corrected chi connectivity index (χ2v) is 5.33. The molecule has 0 aliphatic heterocycles. The van der Waals surface area contributed by atoms with Crippen LogP contribution in [0.1, 0.15) is 37.2 Å². The zero-order valence-electron chi connectivity index (χ0n) is 10.1. The number of amides is 1. The molecule has 1 aromatic heterocycles. The molecule has 17 heavy (non-hydrogen) atoms. The molecule has 2 saturated carbocycles. The molecule has 0 atom stereocenters. The van der Waals surface area contributed by atoms with Crippen LogP contribution in [0.2, 0.25) is 0 Å². The van der Waals surface area contributed by atoms with E-state index < -0.39 is 5.54 Å². The number of carbonyl (C=O) groups excluding carboxylic acids is 1. The van der Waals surface area contributed by atoms with Crippen molar-refractivity contribution in [1.29, 1.82) is 0 Å². The van der Waals surface area contributed by atoms with Gasteiger partial charge >= 0.3 is 0 Å². The fourth-order valence-corrected chi connectivity index (χ4v) is 2.13. The first kappa shape index (κ1) is 10.8. The van der Waals surface area contributed by atoms with E-state index >= 15 is 0 Å². The largest absolute Gasteiger partial charge is 0.464 e. The van der Waals surface area contributed by atoms with Crippen LogP contribution in [0.25, 0.3) is 0 Å². The van der Waals surface area contributed by atoms with Gasteiger partial charge in [0.15, 0.2) is 0 Å². The van der Waals surface area contributed by atoms with Gasteiger partial charge in [0, 0.05) is 6.04 Å². The maximum Gasteiger partial charge on any atom is 0.243 e. The minimum absolute atomic E-state index is 0.106. The summed E-state index contributed by atoms with van der Waals surface area (Å²) in [5.74, 6) is 1.85. The molecule has 2 aliphatic rings. The monoisotopic (exact) mass is 234 g/mol. The fraction of sp³-hybridized carbons (Fsp3) is 0.615. The van der Waals surface area contributed by atoms with Gasteiger partial charge in [-0.15, -0.1) is 0 Å². The van der Waals surface area contributed by atoms with Gasteiger partial charge in [-0.25, -0.2) is 0 Å². The molecule has 1 aromatic rings. The lowest BCUT2D eigenvalue weighted by molar-refractivity contribution is -0.135. The lowest BCUT2D eigenvalue weighted by Gasteiger charge is -2.24. The number of nitrogens with two attached hydrogens (primary N) is 1. The quantitative estimate of drug-likeness (QED) is 0.860. The molecule has 92 valence electrons. The Morgan fingerprint density at radius 1 is 1.53 bits per heavy atom. The molecule has 0 aromatic carbocycles. The maximum atomic E-state index is 12.3. The number of hydrogen-bond acceptors (Lipinski definition) is 3. The summed E-state index contributed by atoms with van der Waals surface area (Å²) < 4.78 is 5.54. The van der Waals surface area contributed by atoms with Gasteiger partial charge in [0.1, 0.15) is 11.5 Å². The zero-order chi connectivity index (χ0) is 12.0. The number of rotatable bonds is 4. The highest BCUT2D eigenvalue weighted by Gasteiger charge is 2.50. The first-order valence-corrected chi connectivity index (χ1v) is 6.24. The summed E-state index contributed by atoms with van der Waals surface area (Å²) in [6.45, 7) is 2.48. The Balaban J connectivity index is 1.74. The van der Waals surface area contributed by atoms with Crippen molar-refractivity contribution in [2.24, 2.45) is 5.73 Å². The molecular weight excluding hydrogens is 216 g/mol. The predicted octanol–water partition coefficient (Wildman–Crippen LogP) is 1.57. The highest BCUT2D eigenvalue weighted by molar-refractivity contribution is 5.89. The summed E-state index contributed by atoms with van der Waals surface area (Å²) >= 11 is 0. The van der Waals surface area contributed by atoms with E-state index in [0.717, 1.165) is 37.2 Å². The van der Waals surface area contributed by atoms with Crippen molar-refractivity contribution >= 4 is 5.91 Å². The number of aryl methyl sites for hydroxylation is 1. The molecule has 1 amide bonds. The normalized spacial score (nSPS) is 21.3. The Kier molecular flexibility index (Phi) is 2.30. The third kappa shape index (κ3) is 2.09. The van der Waals surface area contributed by atoms with E-state index in [1.807, 2.05) is 24.0 Å². The van der Waals surface area contributed by atoms with E-state index in [1.165, 1.54) is 0 Å². The molecule has 0 saturated heterocycles.